The molecule has 0 aromatic heterocycles. The maximum absolute atomic E-state index is 13.5. The van der Waals surface area contributed by atoms with Crippen LogP contribution in [0.2, 0.25) is 5.02 Å². The molecule has 0 aliphatic carbocycles. The van der Waals surface area contributed by atoms with Gasteiger partial charge in [-0.2, -0.15) is 0 Å². The highest BCUT2D eigenvalue weighted by Crippen LogP contribution is 2.35. The summed E-state index contributed by atoms with van der Waals surface area (Å²) in [5, 5.41) is 17.0. The lowest BCUT2D eigenvalue weighted by Crippen LogP contribution is -2.09. The van der Waals surface area contributed by atoms with E-state index < -0.39 is 43.7 Å². The third kappa shape index (κ3) is 1.98. The van der Waals surface area contributed by atoms with Crippen molar-refractivity contribution >= 4 is 48.8 Å². The Bertz CT molecular complexity index is 429. The molecule has 0 aliphatic heterocycles. The van der Waals surface area contributed by atoms with E-state index in [9.17, 15) is 14.0 Å². The van der Waals surface area contributed by atoms with Crippen LogP contribution in [0, 0.1) is 5.82 Å². The summed E-state index contributed by atoms with van der Waals surface area (Å²) < 4.78 is 13.5. The largest absolute Gasteiger partial charge is 0.478 e. The monoisotopic (exact) mass is 282 g/mol. The van der Waals surface area contributed by atoms with Crippen LogP contribution in [0.3, 0.4) is 0 Å². The third-order valence-corrected chi connectivity index (χ3v) is 3.13. The lowest BCUT2D eigenvalue weighted by molar-refractivity contribution is 0.0669. The van der Waals surface area contributed by atoms with Crippen LogP contribution in [-0.2, 0) is 0 Å². The van der Waals surface area contributed by atoms with Crippen LogP contribution in [0.15, 0.2) is 9.79 Å². The number of carboxylic acids is 2. The van der Waals surface area contributed by atoms with Crippen molar-refractivity contribution in [3.8, 4) is 0 Å². The molecule has 8 heteroatoms. The minimum absolute atomic E-state index is 0.443. The minimum atomic E-state index is -1.60. The molecule has 1 aromatic rings. The highest BCUT2D eigenvalue weighted by Gasteiger charge is 2.27. The molecule has 0 radical (unpaired) electrons. The van der Waals surface area contributed by atoms with Crippen molar-refractivity contribution < 1.29 is 24.2 Å². The highest BCUT2D eigenvalue weighted by molar-refractivity contribution is 7.81. The average molecular weight is 283 g/mol. The number of benzene rings is 1. The van der Waals surface area contributed by atoms with Gasteiger partial charge in [0.05, 0.1) is 15.5 Å². The van der Waals surface area contributed by atoms with Crippen molar-refractivity contribution in [1.82, 2.24) is 0 Å². The molecule has 0 bridgehead atoms. The summed E-state index contributed by atoms with van der Waals surface area (Å²) in [4.78, 5) is 20.4. The Morgan fingerprint density at radius 1 is 1.06 bits per heavy atom. The maximum Gasteiger partial charge on any atom is 0.339 e. The zero-order valence-electron chi connectivity index (χ0n) is 7.36. The Hall–Kier alpha value is -0.920. The first-order valence-electron chi connectivity index (χ1n) is 3.68. The molecule has 0 amide bonds. The lowest BCUT2D eigenvalue weighted by atomic mass is 10.1. The SMILES string of the molecule is O=C(O)c1c(F)c(S)c(C(=O)O)c(Cl)c1S. The van der Waals surface area contributed by atoms with Gasteiger partial charge in [-0.25, -0.2) is 14.0 Å². The Kier molecular flexibility index (Phi) is 3.72. The van der Waals surface area contributed by atoms with Gasteiger partial charge in [0.25, 0.3) is 0 Å². The number of hydrogen-bond acceptors (Lipinski definition) is 4. The van der Waals surface area contributed by atoms with Gasteiger partial charge in [0.15, 0.2) is 5.82 Å². The number of thiol groups is 2. The van der Waals surface area contributed by atoms with Gasteiger partial charge in [-0.3, -0.25) is 0 Å². The zero-order chi connectivity index (χ0) is 12.6. The Balaban J connectivity index is 3.77. The molecule has 0 spiro atoms. The summed E-state index contributed by atoms with van der Waals surface area (Å²) in [7, 11) is 0. The van der Waals surface area contributed by atoms with Crippen molar-refractivity contribution in [2.75, 3.05) is 0 Å². The minimum Gasteiger partial charge on any atom is -0.478 e. The fourth-order valence-electron chi connectivity index (χ4n) is 1.05. The molecular weight excluding hydrogens is 279 g/mol. The molecule has 16 heavy (non-hydrogen) atoms. The van der Waals surface area contributed by atoms with Crippen LogP contribution in [0.25, 0.3) is 0 Å². The van der Waals surface area contributed by atoms with Gasteiger partial charge < -0.3 is 10.2 Å². The Morgan fingerprint density at radius 2 is 1.50 bits per heavy atom. The molecule has 1 aromatic carbocycles. The standard InChI is InChI=1S/C8H4ClFO4S2/c9-3-1(7(11)12)6(16)4(10)2(5(3)15)8(13)14/h15-16H,(H,11,12)(H,13,14). The lowest BCUT2D eigenvalue weighted by Gasteiger charge is -2.10. The second-order valence-electron chi connectivity index (χ2n) is 2.69. The van der Waals surface area contributed by atoms with Crippen LogP contribution in [0.1, 0.15) is 20.7 Å². The molecule has 0 aliphatic rings. The second kappa shape index (κ2) is 4.52. The van der Waals surface area contributed by atoms with Gasteiger partial charge in [0.2, 0.25) is 0 Å². The number of rotatable bonds is 2. The van der Waals surface area contributed by atoms with Gasteiger partial charge in [-0.15, -0.1) is 25.3 Å². The summed E-state index contributed by atoms with van der Waals surface area (Å²) in [6.45, 7) is 0. The average Bonchev–Trinajstić information content (AvgIpc) is 2.14. The maximum atomic E-state index is 13.5. The van der Waals surface area contributed by atoms with E-state index in [1.54, 1.807) is 0 Å². The summed E-state index contributed by atoms with van der Waals surface area (Å²) >= 11 is 12.9. The van der Waals surface area contributed by atoms with E-state index in [1.165, 1.54) is 0 Å². The van der Waals surface area contributed by atoms with Crippen molar-refractivity contribution in [2.45, 2.75) is 9.79 Å². The van der Waals surface area contributed by atoms with Crippen molar-refractivity contribution in [3.05, 3.63) is 22.0 Å². The first-order valence-corrected chi connectivity index (χ1v) is 4.95. The number of halogens is 2. The molecule has 0 saturated carbocycles. The smallest absolute Gasteiger partial charge is 0.339 e. The molecule has 0 fully saturated rings. The molecule has 1 rings (SSSR count). The number of aromatic carboxylic acids is 2. The van der Waals surface area contributed by atoms with E-state index in [2.05, 4.69) is 25.3 Å². The van der Waals surface area contributed by atoms with E-state index in [0.29, 0.717) is 0 Å². The van der Waals surface area contributed by atoms with Crippen LogP contribution in [0.5, 0.6) is 0 Å². The van der Waals surface area contributed by atoms with E-state index in [1.807, 2.05) is 0 Å². The molecule has 0 saturated heterocycles. The molecular formula is C8H4ClFO4S2. The van der Waals surface area contributed by atoms with Gasteiger partial charge in [0, 0.05) is 4.90 Å². The van der Waals surface area contributed by atoms with Crippen molar-refractivity contribution in [2.24, 2.45) is 0 Å². The van der Waals surface area contributed by atoms with Crippen LogP contribution >= 0.6 is 36.9 Å². The quantitative estimate of drug-likeness (QED) is 0.629. The fraction of sp³-hybridized carbons (Fsp3) is 0. The van der Waals surface area contributed by atoms with Gasteiger partial charge in [0.1, 0.15) is 5.56 Å². The van der Waals surface area contributed by atoms with Gasteiger partial charge in [-0.05, 0) is 0 Å². The summed E-state index contributed by atoms with van der Waals surface area (Å²) in [5.41, 5.74) is -1.42. The normalized spacial score (nSPS) is 10.2. The number of carboxylic acid groups (broad SMARTS) is 2. The van der Waals surface area contributed by atoms with Gasteiger partial charge in [-0.1, -0.05) is 11.6 Å². The summed E-state index contributed by atoms with van der Waals surface area (Å²) in [6, 6.07) is 0. The third-order valence-electron chi connectivity index (χ3n) is 1.76. The summed E-state index contributed by atoms with van der Waals surface area (Å²) in [6.07, 6.45) is 0. The molecule has 0 atom stereocenters. The van der Waals surface area contributed by atoms with Gasteiger partial charge >= 0.3 is 11.9 Å². The molecule has 2 N–H and O–H groups in total. The number of hydrogen-bond donors (Lipinski definition) is 4. The highest BCUT2D eigenvalue weighted by atomic mass is 35.5. The predicted molar refractivity (Wildman–Crippen MR) is 59.8 cm³/mol. The second-order valence-corrected chi connectivity index (χ2v) is 3.96. The molecule has 0 heterocycles. The fourth-order valence-corrected chi connectivity index (χ4v) is 2.02. The van der Waals surface area contributed by atoms with E-state index in [0.717, 1.165) is 0 Å². The van der Waals surface area contributed by atoms with Crippen LogP contribution < -0.4 is 0 Å². The van der Waals surface area contributed by atoms with E-state index in [4.69, 9.17) is 21.8 Å². The van der Waals surface area contributed by atoms with Crippen LogP contribution in [-0.4, -0.2) is 22.2 Å². The van der Waals surface area contributed by atoms with Crippen molar-refractivity contribution in [3.63, 3.8) is 0 Å². The molecule has 4 nitrogen and oxygen atoms in total. The van der Waals surface area contributed by atoms with Crippen LogP contribution in [0.4, 0.5) is 4.39 Å². The van der Waals surface area contributed by atoms with Crippen molar-refractivity contribution in [1.29, 1.82) is 0 Å². The van der Waals surface area contributed by atoms with E-state index >= 15 is 0 Å². The summed E-state index contributed by atoms with van der Waals surface area (Å²) in [5.74, 6) is -4.39. The topological polar surface area (TPSA) is 74.6 Å². The zero-order valence-corrected chi connectivity index (χ0v) is 9.91. The Morgan fingerprint density at radius 3 is 1.88 bits per heavy atom. The number of carbonyl (C=O) groups is 2. The van der Waals surface area contributed by atoms with E-state index in [-0.39, 0.29) is 0 Å². The molecule has 86 valence electrons. The Labute approximate surface area is 105 Å². The first-order chi connectivity index (χ1) is 7.29. The predicted octanol–water partition coefficient (Wildman–Crippen LogP) is 2.45. The first kappa shape index (κ1) is 13.1. The molecule has 0 unspecified atom stereocenters.